The number of nitrogens with one attached hydrogen (secondary N) is 2. The highest BCUT2D eigenvalue weighted by molar-refractivity contribution is 7.70. The van der Waals surface area contributed by atoms with E-state index < -0.39 is 7.14 Å². The first-order valence-electron chi connectivity index (χ1n) is 12.6. The van der Waals surface area contributed by atoms with Crippen LogP contribution in [-0.2, 0) is 9.36 Å². The summed E-state index contributed by atoms with van der Waals surface area (Å²) >= 11 is 6.41. The van der Waals surface area contributed by atoms with Crippen molar-refractivity contribution in [2.24, 2.45) is 0 Å². The van der Waals surface area contributed by atoms with Gasteiger partial charge in [0.15, 0.2) is 5.82 Å². The number of rotatable bonds is 5. The van der Waals surface area contributed by atoms with Crippen LogP contribution in [0.2, 0.25) is 5.02 Å². The van der Waals surface area contributed by atoms with Gasteiger partial charge in [0.1, 0.15) is 24.5 Å². The van der Waals surface area contributed by atoms with Gasteiger partial charge in [0, 0.05) is 36.7 Å². The van der Waals surface area contributed by atoms with E-state index in [1.54, 1.807) is 25.2 Å². The second-order valence-electron chi connectivity index (χ2n) is 9.93. The van der Waals surface area contributed by atoms with E-state index in [2.05, 4.69) is 37.3 Å². The summed E-state index contributed by atoms with van der Waals surface area (Å²) in [6.45, 7) is 9.55. The lowest BCUT2D eigenvalue weighted by Crippen LogP contribution is -2.58. The number of ether oxygens (including phenoxy) is 1. The van der Waals surface area contributed by atoms with Gasteiger partial charge in [0.2, 0.25) is 5.95 Å². The molecule has 1 saturated heterocycles. The van der Waals surface area contributed by atoms with E-state index in [1.165, 1.54) is 6.20 Å². The van der Waals surface area contributed by atoms with Crippen LogP contribution in [0.15, 0.2) is 42.6 Å². The van der Waals surface area contributed by atoms with Crippen LogP contribution in [0.5, 0.6) is 5.75 Å². The summed E-state index contributed by atoms with van der Waals surface area (Å²) in [6.07, 6.45) is 1.52. The van der Waals surface area contributed by atoms with E-state index in [0.29, 0.717) is 48.7 Å². The average Bonchev–Trinajstić information content (AvgIpc) is 2.90. The summed E-state index contributed by atoms with van der Waals surface area (Å²) in [4.78, 5) is 25.3. The third-order valence-corrected chi connectivity index (χ3v) is 8.55. The van der Waals surface area contributed by atoms with E-state index in [-0.39, 0.29) is 11.9 Å². The van der Waals surface area contributed by atoms with Crippen molar-refractivity contribution in [3.05, 3.63) is 53.2 Å². The second-order valence-corrected chi connectivity index (χ2v) is 13.5. The van der Waals surface area contributed by atoms with Crippen molar-refractivity contribution in [1.29, 1.82) is 0 Å². The van der Waals surface area contributed by atoms with Crippen LogP contribution in [0.3, 0.4) is 0 Å². The molecule has 0 unspecified atom stereocenters. The smallest absolute Gasteiger partial charge is 0.298 e. The zero-order chi connectivity index (χ0) is 27.7. The van der Waals surface area contributed by atoms with E-state index >= 15 is 0 Å². The van der Waals surface area contributed by atoms with E-state index in [4.69, 9.17) is 16.3 Å². The molecule has 5 rings (SSSR count). The van der Waals surface area contributed by atoms with Crippen molar-refractivity contribution in [3.8, 4) is 17.6 Å². The fraction of sp³-hybridized carbons (Fsp3) is 0.321. The molecule has 3 aromatic rings. The molecule has 1 atom stereocenters. The Hall–Kier alpha value is -3.73. The first-order chi connectivity index (χ1) is 18.6. The van der Waals surface area contributed by atoms with Gasteiger partial charge in [0.05, 0.1) is 23.6 Å². The molecule has 9 nitrogen and oxygen atoms in total. The Morgan fingerprint density at radius 1 is 1.21 bits per heavy atom. The molecule has 1 fully saturated rings. The second kappa shape index (κ2) is 10.8. The molecule has 0 bridgehead atoms. The predicted octanol–water partition coefficient (Wildman–Crippen LogP) is 4.61. The van der Waals surface area contributed by atoms with Crippen molar-refractivity contribution in [2.75, 3.05) is 55.1 Å². The molecule has 11 heteroatoms. The van der Waals surface area contributed by atoms with Gasteiger partial charge in [-0.25, -0.2) is 4.98 Å². The number of carbonyl (C=O) groups is 1. The highest BCUT2D eigenvalue weighted by atomic mass is 35.5. The maximum Gasteiger partial charge on any atom is 0.298 e. The highest BCUT2D eigenvalue weighted by Crippen LogP contribution is 2.41. The zero-order valence-corrected chi connectivity index (χ0v) is 23.9. The van der Waals surface area contributed by atoms with Crippen molar-refractivity contribution in [3.63, 3.8) is 0 Å². The Bertz CT molecular complexity index is 1550. The zero-order valence-electron chi connectivity index (χ0n) is 22.3. The number of para-hydroxylation sites is 1. The molecule has 1 aromatic heterocycles. The Balaban J connectivity index is 1.36. The standard InChI is InChI=1S/C28H30ClN6O3P/c1-5-8-25(36)34-11-12-35-20(16-34)17-38-23-14-19(13-18(2)26(23)35)31-28-30-15-21(29)27(33-28)32-22-9-6-7-10-24(22)39(3,4)37/h6-7,9-10,13-15,20H,11-12,16-17H2,1-4H3,(H2,30,31,32,33)/t20-/m1/s1. The molecule has 2 aromatic carbocycles. The number of carbonyl (C=O) groups excluding carboxylic acids is 1. The van der Waals surface area contributed by atoms with Crippen molar-refractivity contribution < 1.29 is 14.1 Å². The molecule has 0 spiro atoms. The Labute approximate surface area is 233 Å². The number of aryl methyl sites for hydroxylation is 1. The number of nitrogens with zero attached hydrogens (tertiary/aromatic N) is 4. The lowest BCUT2D eigenvalue weighted by atomic mass is 10.0. The van der Waals surface area contributed by atoms with Gasteiger partial charge in [0.25, 0.3) is 5.91 Å². The molecule has 0 aliphatic carbocycles. The predicted molar refractivity (Wildman–Crippen MR) is 157 cm³/mol. The number of fused-ring (bicyclic) bond motifs is 3. The summed E-state index contributed by atoms with van der Waals surface area (Å²) in [5, 5.41) is 7.55. The lowest BCUT2D eigenvalue weighted by Gasteiger charge is -2.45. The third-order valence-electron chi connectivity index (χ3n) is 6.72. The van der Waals surface area contributed by atoms with Crippen molar-refractivity contribution >= 4 is 58.8 Å². The molecule has 3 heterocycles. The number of halogens is 1. The summed E-state index contributed by atoms with van der Waals surface area (Å²) in [6, 6.07) is 11.5. The topological polar surface area (TPSA) is 99.7 Å². The molecule has 202 valence electrons. The van der Waals surface area contributed by atoms with Gasteiger partial charge in [-0.05, 0) is 56.9 Å². The SMILES string of the molecule is CC#CC(=O)N1CCN2c3c(C)cc(Nc4ncc(Cl)c(Nc5ccccc5P(C)(C)=O)n4)cc3OC[C@H]2C1. The minimum atomic E-state index is -2.52. The van der Waals surface area contributed by atoms with Crippen LogP contribution in [0.25, 0.3) is 0 Å². The molecule has 2 aliphatic rings. The van der Waals surface area contributed by atoms with E-state index in [9.17, 15) is 9.36 Å². The number of benzene rings is 2. The van der Waals surface area contributed by atoms with Crippen LogP contribution >= 0.6 is 18.7 Å². The highest BCUT2D eigenvalue weighted by Gasteiger charge is 2.35. The summed E-state index contributed by atoms with van der Waals surface area (Å²) in [7, 11) is -2.52. The monoisotopic (exact) mass is 564 g/mol. The number of amides is 1. The fourth-order valence-electron chi connectivity index (χ4n) is 4.97. The van der Waals surface area contributed by atoms with Crippen molar-refractivity contribution in [1.82, 2.24) is 14.9 Å². The van der Waals surface area contributed by atoms with Gasteiger partial charge in [-0.3, -0.25) is 4.79 Å². The van der Waals surface area contributed by atoms with Gasteiger partial charge in [-0.15, -0.1) is 0 Å². The van der Waals surface area contributed by atoms with Crippen LogP contribution in [0, 0.1) is 18.8 Å². The average molecular weight is 565 g/mol. The molecule has 2 aliphatic heterocycles. The molecule has 1 amide bonds. The summed E-state index contributed by atoms with van der Waals surface area (Å²) in [5.41, 5.74) is 3.53. The Kier molecular flexibility index (Phi) is 7.44. The normalized spacial score (nSPS) is 16.3. The quantitative estimate of drug-likeness (QED) is 0.342. The Morgan fingerprint density at radius 3 is 2.77 bits per heavy atom. The maximum atomic E-state index is 12.8. The van der Waals surface area contributed by atoms with Gasteiger partial charge < -0.3 is 29.7 Å². The first kappa shape index (κ1) is 26.9. The number of hydrogen-bond donors (Lipinski definition) is 2. The molecular formula is C28H30ClN6O3P. The van der Waals surface area contributed by atoms with Crippen LogP contribution in [0.1, 0.15) is 12.5 Å². The van der Waals surface area contributed by atoms with E-state index in [1.807, 2.05) is 43.3 Å². The fourth-order valence-corrected chi connectivity index (χ4v) is 6.26. The Morgan fingerprint density at radius 2 is 2.00 bits per heavy atom. The third kappa shape index (κ3) is 5.68. The molecule has 39 heavy (non-hydrogen) atoms. The maximum absolute atomic E-state index is 12.8. The minimum Gasteiger partial charge on any atom is -0.489 e. The molecular weight excluding hydrogens is 535 g/mol. The molecule has 2 N–H and O–H groups in total. The summed E-state index contributed by atoms with van der Waals surface area (Å²) in [5.74, 6) is 6.71. The number of hydrogen-bond acceptors (Lipinski definition) is 8. The van der Waals surface area contributed by atoms with E-state index in [0.717, 1.165) is 28.0 Å². The minimum absolute atomic E-state index is 0.0732. The number of aromatic nitrogens is 2. The molecule has 0 radical (unpaired) electrons. The summed E-state index contributed by atoms with van der Waals surface area (Å²) < 4.78 is 18.9. The van der Waals surface area contributed by atoms with Crippen LogP contribution < -0.4 is 25.6 Å². The van der Waals surface area contributed by atoms with Gasteiger partial charge in [-0.1, -0.05) is 29.7 Å². The van der Waals surface area contributed by atoms with Crippen molar-refractivity contribution in [2.45, 2.75) is 19.9 Å². The first-order valence-corrected chi connectivity index (χ1v) is 15.6. The van der Waals surface area contributed by atoms with Gasteiger partial charge in [-0.2, -0.15) is 4.98 Å². The molecule has 0 saturated carbocycles. The van der Waals surface area contributed by atoms with Crippen LogP contribution in [-0.4, -0.2) is 66.4 Å². The number of anilines is 5. The van der Waals surface area contributed by atoms with Crippen LogP contribution in [0.4, 0.5) is 28.8 Å². The van der Waals surface area contributed by atoms with Gasteiger partial charge >= 0.3 is 0 Å². The largest absolute Gasteiger partial charge is 0.489 e. The lowest BCUT2D eigenvalue weighted by molar-refractivity contribution is -0.126. The number of piperazine rings is 1.